The van der Waals surface area contributed by atoms with Gasteiger partial charge in [-0.05, 0) is 257 Å². The summed E-state index contributed by atoms with van der Waals surface area (Å²) in [5.41, 5.74) is 43.8. The molecule has 0 aromatic heterocycles. The molecule has 0 bridgehead atoms. The number of hydrogen-bond donors (Lipinski definition) is 0. The van der Waals surface area contributed by atoms with Gasteiger partial charge in [-0.15, -0.1) is 0 Å². The molecular formula is C118H82N2. The van der Waals surface area contributed by atoms with Gasteiger partial charge in [0.2, 0.25) is 0 Å². The summed E-state index contributed by atoms with van der Waals surface area (Å²) in [5, 5.41) is 0. The van der Waals surface area contributed by atoms with E-state index in [-0.39, 0.29) is 10.8 Å². The van der Waals surface area contributed by atoms with Crippen molar-refractivity contribution in [1.29, 1.82) is 0 Å². The lowest BCUT2D eigenvalue weighted by molar-refractivity contribution is 0.425. The lowest BCUT2D eigenvalue weighted by atomic mass is 9.67. The van der Waals surface area contributed by atoms with Gasteiger partial charge in [0.05, 0.1) is 21.7 Å². The van der Waals surface area contributed by atoms with E-state index in [1.807, 2.05) is 0 Å². The quantitative estimate of drug-likeness (QED) is 0.127. The number of hydrogen-bond acceptors (Lipinski definition) is 2. The Balaban J connectivity index is 0.672. The van der Waals surface area contributed by atoms with Crippen LogP contribution in [-0.4, -0.2) is 0 Å². The molecule has 18 aromatic carbocycles. The van der Waals surface area contributed by atoms with Crippen LogP contribution in [0.1, 0.15) is 133 Å². The van der Waals surface area contributed by atoms with Gasteiger partial charge in [0.1, 0.15) is 0 Å². The van der Waals surface area contributed by atoms with Crippen molar-refractivity contribution in [2.75, 3.05) is 9.80 Å². The van der Waals surface area contributed by atoms with Gasteiger partial charge in [-0.1, -0.05) is 379 Å². The molecule has 0 saturated heterocycles. The third-order valence-corrected chi connectivity index (χ3v) is 29.0. The van der Waals surface area contributed by atoms with Gasteiger partial charge in [0.15, 0.2) is 0 Å². The van der Waals surface area contributed by atoms with Crippen LogP contribution in [0.25, 0.3) is 66.8 Å². The molecule has 2 nitrogen and oxygen atoms in total. The van der Waals surface area contributed by atoms with Gasteiger partial charge in [0, 0.05) is 39.5 Å². The van der Waals surface area contributed by atoms with Crippen LogP contribution < -0.4 is 9.80 Å². The Labute approximate surface area is 702 Å². The molecular weight excluding hydrogens is 1450 g/mol. The summed E-state index contributed by atoms with van der Waals surface area (Å²) in [6.45, 7) is 7.50. The normalized spacial score (nSPS) is 16.5. The zero-order valence-electron chi connectivity index (χ0n) is 67.1. The molecule has 2 heteroatoms. The summed E-state index contributed by atoms with van der Waals surface area (Å²) < 4.78 is 0. The zero-order chi connectivity index (χ0) is 79.4. The second-order valence-corrected chi connectivity index (χ2v) is 35.1. The standard InChI is InChI=1S/C118H82N2/c1-113(2)75-114(3,76-56-58-81(59-57-76)119(82-60-65-95-91-44-16-24-48-99(91)115(108(95)70-82,77-32-8-4-9-33-77)78-34-10-5-11-35-78)83-61-67-97-93-46-22-30-54-105(93)117(110(97)72-83)101-50-26-18-40-87(101)88-41-19-27-51-102(88)117)107-69-64-86(74-112(107)113)120(84-62-66-96-92-45-17-25-49-100(92)116(109(96)71-84,79-36-12-6-13-37-79)80-38-14-7-15-39-80)85-63-68-98-94-47-23-31-55-106(94)118(111(98)73-85)103-52-28-20-42-89(103)90-43-21-29-53-104(90)118/h4-74H,75H2,1-3H3. The highest BCUT2D eigenvalue weighted by molar-refractivity contribution is 6.00. The number of nitrogens with zero attached hydrogens (tertiary/aromatic N) is 2. The maximum atomic E-state index is 2.61. The molecule has 564 valence electrons. The van der Waals surface area contributed by atoms with E-state index < -0.39 is 21.7 Å². The van der Waals surface area contributed by atoms with Crippen LogP contribution in [-0.2, 0) is 32.5 Å². The van der Waals surface area contributed by atoms with Crippen molar-refractivity contribution in [1.82, 2.24) is 0 Å². The minimum atomic E-state index is -0.610. The van der Waals surface area contributed by atoms with Crippen LogP contribution in [0.2, 0.25) is 0 Å². The van der Waals surface area contributed by atoms with Crippen LogP contribution >= 0.6 is 0 Å². The van der Waals surface area contributed by atoms with Crippen molar-refractivity contribution in [2.45, 2.75) is 59.7 Å². The van der Waals surface area contributed by atoms with Gasteiger partial charge in [-0.3, -0.25) is 0 Å². The number of anilines is 6. The lowest BCUT2D eigenvalue weighted by Crippen LogP contribution is -2.28. The fraction of sp³-hybridized carbons (Fsp3) is 0.0847. The highest BCUT2D eigenvalue weighted by Gasteiger charge is 2.56. The van der Waals surface area contributed by atoms with Crippen LogP contribution in [0.3, 0.4) is 0 Å². The first-order chi connectivity index (χ1) is 59.1. The van der Waals surface area contributed by atoms with E-state index in [2.05, 4.69) is 461 Å². The Morgan fingerprint density at radius 3 is 0.650 bits per heavy atom. The third-order valence-electron chi connectivity index (χ3n) is 29.0. The monoisotopic (exact) mass is 1530 g/mol. The van der Waals surface area contributed by atoms with Gasteiger partial charge in [-0.25, -0.2) is 0 Å². The molecule has 0 heterocycles. The summed E-state index contributed by atoms with van der Waals surface area (Å²) in [5.74, 6) is 0. The maximum absolute atomic E-state index is 2.61. The van der Waals surface area contributed by atoms with Gasteiger partial charge in [0.25, 0.3) is 0 Å². The second-order valence-electron chi connectivity index (χ2n) is 35.1. The van der Waals surface area contributed by atoms with E-state index in [4.69, 9.17) is 0 Å². The molecule has 1 atom stereocenters. The lowest BCUT2D eigenvalue weighted by Gasteiger charge is -2.35. The molecule has 2 spiro atoms. The van der Waals surface area contributed by atoms with Crippen molar-refractivity contribution in [3.05, 3.63) is 536 Å². The molecule has 1 unspecified atom stereocenters. The fourth-order valence-corrected chi connectivity index (χ4v) is 24.5. The largest absolute Gasteiger partial charge is 0.310 e. The smallest absolute Gasteiger partial charge is 0.0726 e. The fourth-order valence-electron chi connectivity index (χ4n) is 24.5. The van der Waals surface area contributed by atoms with Crippen molar-refractivity contribution in [3.8, 4) is 66.8 Å². The Morgan fingerprint density at radius 1 is 0.158 bits per heavy atom. The van der Waals surface area contributed by atoms with Crippen LogP contribution in [0.4, 0.5) is 34.1 Å². The number of fused-ring (bicyclic) bond motifs is 27. The van der Waals surface area contributed by atoms with E-state index in [1.54, 1.807) is 0 Å². The van der Waals surface area contributed by atoms with Crippen LogP contribution in [0.15, 0.2) is 431 Å². The molecule has 0 N–H and O–H groups in total. The summed E-state index contributed by atoms with van der Waals surface area (Å²) >= 11 is 0. The average Bonchev–Trinajstić information content (AvgIpc) is 1.52. The van der Waals surface area contributed by atoms with Crippen molar-refractivity contribution in [3.63, 3.8) is 0 Å². The summed E-state index contributed by atoms with van der Waals surface area (Å²) in [4.78, 5) is 5.17. The Kier molecular flexibility index (Phi) is 14.5. The van der Waals surface area contributed by atoms with Gasteiger partial charge in [-0.2, -0.15) is 0 Å². The molecule has 120 heavy (non-hydrogen) atoms. The molecule has 25 rings (SSSR count). The first-order valence-electron chi connectivity index (χ1n) is 42.6. The van der Waals surface area contributed by atoms with Crippen molar-refractivity contribution < 1.29 is 0 Å². The maximum Gasteiger partial charge on any atom is 0.0726 e. The zero-order valence-corrected chi connectivity index (χ0v) is 67.1. The van der Waals surface area contributed by atoms with Gasteiger partial charge >= 0.3 is 0 Å². The van der Waals surface area contributed by atoms with Crippen molar-refractivity contribution >= 4 is 34.1 Å². The molecule has 0 saturated carbocycles. The predicted octanol–water partition coefficient (Wildman–Crippen LogP) is 29.0. The average molecular weight is 1530 g/mol. The second kappa shape index (κ2) is 25.3. The van der Waals surface area contributed by atoms with E-state index in [1.165, 1.54) is 172 Å². The van der Waals surface area contributed by atoms with Crippen LogP contribution in [0.5, 0.6) is 0 Å². The summed E-state index contributed by atoms with van der Waals surface area (Å²) in [6.07, 6.45) is 0.914. The molecule has 18 aromatic rings. The Bertz CT molecular complexity index is 6900. The number of benzene rings is 18. The first-order valence-corrected chi connectivity index (χ1v) is 42.6. The molecule has 7 aliphatic rings. The topological polar surface area (TPSA) is 6.48 Å². The molecule has 0 aliphatic heterocycles. The van der Waals surface area contributed by atoms with E-state index >= 15 is 0 Å². The Morgan fingerprint density at radius 2 is 0.367 bits per heavy atom. The van der Waals surface area contributed by atoms with Gasteiger partial charge < -0.3 is 9.80 Å². The molecule has 0 radical (unpaired) electrons. The van der Waals surface area contributed by atoms with Crippen molar-refractivity contribution in [2.24, 2.45) is 0 Å². The highest BCUT2D eigenvalue weighted by atomic mass is 15.1. The summed E-state index contributed by atoms with van der Waals surface area (Å²) in [7, 11) is 0. The predicted molar refractivity (Wildman–Crippen MR) is 494 cm³/mol. The van der Waals surface area contributed by atoms with Crippen LogP contribution in [0, 0.1) is 0 Å². The molecule has 0 amide bonds. The minimum absolute atomic E-state index is 0.242. The molecule has 0 fully saturated rings. The SMILES string of the molecule is CC1(C)CC(C)(c2ccc(N(c3ccc4c(c3)C(c3ccccc3)(c3ccccc3)c3ccccc3-4)c3ccc4c(c3)C3(c5ccccc5-c5ccccc53)c3ccccc3-4)cc2)c2ccc(N(c3ccc4c(c3)C(c3ccccc3)(c3ccccc3)c3ccccc3-4)c3ccc4c(c3)C3(c5ccccc5-c5ccccc53)c3ccccc3-4)cc21. The Hall–Kier alpha value is -14.4. The number of rotatable bonds is 11. The van der Waals surface area contributed by atoms with E-state index in [9.17, 15) is 0 Å². The highest BCUT2D eigenvalue weighted by Crippen LogP contribution is 2.68. The minimum Gasteiger partial charge on any atom is -0.310 e. The first kappa shape index (κ1) is 68.8. The van der Waals surface area contributed by atoms with E-state index in [0.29, 0.717) is 0 Å². The third kappa shape index (κ3) is 8.97. The van der Waals surface area contributed by atoms with E-state index in [0.717, 1.165) is 40.5 Å². The molecule has 7 aliphatic carbocycles. The summed E-state index contributed by atoms with van der Waals surface area (Å²) in [6, 6.07) is 165.